The highest BCUT2D eigenvalue weighted by atomic mass is 16.5. The maximum absolute atomic E-state index is 5.40. The summed E-state index contributed by atoms with van der Waals surface area (Å²) in [5, 5.41) is 5.57. The SMILES string of the molecule is COc1ccc2[nH]cc(C3CCN(CCc4ccnn4C)CC3)c2c1. The lowest BCUT2D eigenvalue weighted by Gasteiger charge is -2.32. The van der Waals surface area contributed by atoms with Crippen LogP contribution in [0.4, 0.5) is 0 Å². The van der Waals surface area contributed by atoms with Crippen molar-refractivity contribution >= 4 is 10.9 Å². The van der Waals surface area contributed by atoms with Gasteiger partial charge in [-0.2, -0.15) is 5.10 Å². The van der Waals surface area contributed by atoms with Gasteiger partial charge in [-0.05, 0) is 61.7 Å². The number of methoxy groups -OCH3 is 1. The summed E-state index contributed by atoms with van der Waals surface area (Å²) in [7, 11) is 3.75. The van der Waals surface area contributed by atoms with Crippen molar-refractivity contribution in [2.45, 2.75) is 25.2 Å². The lowest BCUT2D eigenvalue weighted by Crippen LogP contribution is -2.34. The summed E-state index contributed by atoms with van der Waals surface area (Å²) in [5.41, 5.74) is 3.96. The highest BCUT2D eigenvalue weighted by Crippen LogP contribution is 2.34. The van der Waals surface area contributed by atoms with E-state index in [1.807, 2.05) is 24.0 Å². The first-order valence-corrected chi connectivity index (χ1v) is 9.09. The summed E-state index contributed by atoms with van der Waals surface area (Å²) >= 11 is 0. The fraction of sp³-hybridized carbons (Fsp3) is 0.450. The van der Waals surface area contributed by atoms with Gasteiger partial charge in [-0.3, -0.25) is 4.68 Å². The van der Waals surface area contributed by atoms with E-state index in [9.17, 15) is 0 Å². The fourth-order valence-electron chi connectivity index (χ4n) is 3.97. The quantitative estimate of drug-likeness (QED) is 0.776. The molecule has 5 heteroatoms. The van der Waals surface area contributed by atoms with Crippen molar-refractivity contribution in [3.05, 3.63) is 47.9 Å². The van der Waals surface area contributed by atoms with Gasteiger partial charge in [-0.1, -0.05) is 0 Å². The van der Waals surface area contributed by atoms with Crippen LogP contribution in [-0.4, -0.2) is 46.4 Å². The highest BCUT2D eigenvalue weighted by molar-refractivity contribution is 5.85. The maximum atomic E-state index is 5.40. The molecule has 5 nitrogen and oxygen atoms in total. The predicted octanol–water partition coefficient (Wildman–Crippen LogP) is 3.33. The number of benzene rings is 1. The Kier molecular flexibility index (Phi) is 4.49. The lowest BCUT2D eigenvalue weighted by molar-refractivity contribution is 0.214. The van der Waals surface area contributed by atoms with Gasteiger partial charge in [0.25, 0.3) is 0 Å². The van der Waals surface area contributed by atoms with Crippen LogP contribution in [0.2, 0.25) is 0 Å². The minimum Gasteiger partial charge on any atom is -0.497 e. The average molecular weight is 338 g/mol. The van der Waals surface area contributed by atoms with Gasteiger partial charge < -0.3 is 14.6 Å². The number of nitrogens with zero attached hydrogens (tertiary/aromatic N) is 3. The Balaban J connectivity index is 1.39. The van der Waals surface area contributed by atoms with Crippen molar-refractivity contribution in [3.63, 3.8) is 0 Å². The zero-order chi connectivity index (χ0) is 17.2. The Bertz CT molecular complexity index is 842. The standard InChI is InChI=1S/C20H26N4O/c1-23-16(5-9-22-23)8-12-24-10-6-15(7-11-24)19-14-21-20-4-3-17(25-2)13-18(19)20/h3-5,9,13-15,21H,6-8,10-12H2,1-2H3. The summed E-state index contributed by atoms with van der Waals surface area (Å²) in [6, 6.07) is 8.41. The van der Waals surface area contributed by atoms with Gasteiger partial charge in [0.2, 0.25) is 0 Å². The molecule has 3 aromatic rings. The second kappa shape index (κ2) is 6.92. The Morgan fingerprint density at radius 2 is 2.08 bits per heavy atom. The van der Waals surface area contributed by atoms with Crippen LogP contribution in [-0.2, 0) is 13.5 Å². The Morgan fingerprint density at radius 1 is 1.24 bits per heavy atom. The first-order chi connectivity index (χ1) is 12.2. The summed E-state index contributed by atoms with van der Waals surface area (Å²) < 4.78 is 7.38. The van der Waals surface area contributed by atoms with Gasteiger partial charge in [0, 0.05) is 49.0 Å². The molecule has 1 aromatic carbocycles. The number of rotatable bonds is 5. The number of aromatic amines is 1. The monoisotopic (exact) mass is 338 g/mol. The van der Waals surface area contributed by atoms with Gasteiger partial charge >= 0.3 is 0 Å². The van der Waals surface area contributed by atoms with Crippen molar-refractivity contribution in [2.75, 3.05) is 26.7 Å². The summed E-state index contributed by atoms with van der Waals surface area (Å²) in [6.45, 7) is 3.45. The second-order valence-corrected chi connectivity index (χ2v) is 6.97. The van der Waals surface area contributed by atoms with Crippen LogP contribution in [0, 0.1) is 0 Å². The third-order valence-corrected chi connectivity index (χ3v) is 5.55. The van der Waals surface area contributed by atoms with Crippen molar-refractivity contribution in [3.8, 4) is 5.75 Å². The summed E-state index contributed by atoms with van der Waals surface area (Å²) in [6.07, 6.45) is 7.59. The Hall–Kier alpha value is -2.27. The third kappa shape index (κ3) is 3.29. The molecule has 25 heavy (non-hydrogen) atoms. The van der Waals surface area contributed by atoms with Gasteiger partial charge in [0.15, 0.2) is 0 Å². The number of hydrogen-bond acceptors (Lipinski definition) is 3. The van der Waals surface area contributed by atoms with E-state index in [1.54, 1.807) is 7.11 Å². The van der Waals surface area contributed by atoms with Crippen molar-refractivity contribution in [1.82, 2.24) is 19.7 Å². The molecule has 1 saturated heterocycles. The zero-order valence-electron chi connectivity index (χ0n) is 15.0. The molecule has 132 valence electrons. The fourth-order valence-corrected chi connectivity index (χ4v) is 3.97. The van der Waals surface area contributed by atoms with Crippen LogP contribution in [0.3, 0.4) is 0 Å². The topological polar surface area (TPSA) is 46.1 Å². The van der Waals surface area contributed by atoms with Crippen LogP contribution in [0.5, 0.6) is 5.75 Å². The van der Waals surface area contributed by atoms with Gasteiger partial charge in [-0.25, -0.2) is 0 Å². The van der Waals surface area contributed by atoms with E-state index in [-0.39, 0.29) is 0 Å². The molecule has 1 aliphatic rings. The molecule has 2 aromatic heterocycles. The maximum Gasteiger partial charge on any atom is 0.119 e. The number of fused-ring (bicyclic) bond motifs is 1. The molecule has 3 heterocycles. The molecule has 0 saturated carbocycles. The van der Waals surface area contributed by atoms with Crippen molar-refractivity contribution in [2.24, 2.45) is 7.05 Å². The molecule has 0 unspecified atom stereocenters. The first-order valence-electron chi connectivity index (χ1n) is 9.09. The molecule has 1 N–H and O–H groups in total. The number of ether oxygens (including phenoxy) is 1. The molecule has 1 fully saturated rings. The number of aryl methyl sites for hydroxylation is 1. The minimum atomic E-state index is 0.633. The van der Waals surface area contributed by atoms with Gasteiger partial charge in [0.1, 0.15) is 5.75 Å². The van der Waals surface area contributed by atoms with E-state index in [4.69, 9.17) is 4.74 Å². The van der Waals surface area contributed by atoms with Crippen LogP contribution in [0.15, 0.2) is 36.7 Å². The number of H-pyrrole nitrogens is 1. The number of hydrogen-bond donors (Lipinski definition) is 1. The molecule has 0 radical (unpaired) electrons. The first kappa shape index (κ1) is 16.2. The summed E-state index contributed by atoms with van der Waals surface area (Å²) in [4.78, 5) is 6.00. The molecule has 4 rings (SSSR count). The van der Waals surface area contributed by atoms with Crippen LogP contribution in [0.25, 0.3) is 10.9 Å². The zero-order valence-corrected chi connectivity index (χ0v) is 15.0. The number of nitrogens with one attached hydrogen (secondary N) is 1. The predicted molar refractivity (Wildman–Crippen MR) is 100 cm³/mol. The van der Waals surface area contributed by atoms with Crippen molar-refractivity contribution < 1.29 is 4.74 Å². The normalized spacial score (nSPS) is 16.6. The number of aromatic nitrogens is 3. The molecule has 0 spiro atoms. The van der Waals surface area contributed by atoms with E-state index in [2.05, 4.69) is 39.4 Å². The van der Waals surface area contributed by atoms with E-state index < -0.39 is 0 Å². The van der Waals surface area contributed by atoms with Gasteiger partial charge in [0.05, 0.1) is 7.11 Å². The molecular weight excluding hydrogens is 312 g/mol. The van der Waals surface area contributed by atoms with E-state index in [0.29, 0.717) is 5.92 Å². The average Bonchev–Trinajstić information content (AvgIpc) is 3.26. The van der Waals surface area contributed by atoms with E-state index in [0.717, 1.165) is 18.7 Å². The highest BCUT2D eigenvalue weighted by Gasteiger charge is 2.23. The molecule has 0 aliphatic carbocycles. The molecule has 0 atom stereocenters. The molecule has 0 bridgehead atoms. The van der Waals surface area contributed by atoms with Crippen LogP contribution >= 0.6 is 0 Å². The third-order valence-electron chi connectivity index (χ3n) is 5.55. The Labute approximate surface area is 148 Å². The lowest BCUT2D eigenvalue weighted by atomic mass is 9.89. The summed E-state index contributed by atoms with van der Waals surface area (Å²) in [5.74, 6) is 1.57. The van der Waals surface area contributed by atoms with Crippen molar-refractivity contribution in [1.29, 1.82) is 0 Å². The molecular formula is C20H26N4O. The number of piperidine rings is 1. The van der Waals surface area contributed by atoms with E-state index in [1.165, 1.54) is 48.1 Å². The van der Waals surface area contributed by atoms with Crippen LogP contribution < -0.4 is 4.74 Å². The van der Waals surface area contributed by atoms with E-state index >= 15 is 0 Å². The Morgan fingerprint density at radius 3 is 2.80 bits per heavy atom. The minimum absolute atomic E-state index is 0.633. The smallest absolute Gasteiger partial charge is 0.119 e. The molecule has 1 aliphatic heterocycles. The number of likely N-dealkylation sites (tertiary alicyclic amines) is 1. The second-order valence-electron chi connectivity index (χ2n) is 6.97. The molecule has 0 amide bonds. The largest absolute Gasteiger partial charge is 0.497 e. The van der Waals surface area contributed by atoms with Crippen LogP contribution in [0.1, 0.15) is 30.0 Å². The van der Waals surface area contributed by atoms with Gasteiger partial charge in [-0.15, -0.1) is 0 Å².